The van der Waals surface area contributed by atoms with Gasteiger partial charge in [-0.2, -0.15) is 8.42 Å². The van der Waals surface area contributed by atoms with Crippen LogP contribution in [0.4, 0.5) is 0 Å². The fraction of sp³-hybridized carbons (Fsp3) is 0. The minimum absolute atomic E-state index is 0.0235. The highest BCUT2D eigenvalue weighted by Gasteiger charge is 2.23. The van der Waals surface area contributed by atoms with Crippen molar-refractivity contribution in [3.63, 3.8) is 0 Å². The van der Waals surface area contributed by atoms with Crippen LogP contribution in [-0.2, 0) is 10.1 Å². The first-order valence-corrected chi connectivity index (χ1v) is 9.55. The van der Waals surface area contributed by atoms with Gasteiger partial charge in [0.2, 0.25) is 0 Å². The lowest BCUT2D eigenvalue weighted by Crippen LogP contribution is -2.13. The molecule has 0 unspecified atom stereocenters. The van der Waals surface area contributed by atoms with Crippen LogP contribution in [0.5, 0.6) is 17.2 Å². The first kappa shape index (κ1) is 19.9. The summed E-state index contributed by atoms with van der Waals surface area (Å²) in [6.45, 7) is 0. The molecule has 0 heterocycles. The monoisotopic (exact) mass is 414 g/mol. The van der Waals surface area contributed by atoms with Crippen LogP contribution >= 0.6 is 0 Å². The number of ether oxygens (including phenoxy) is 1. The summed E-state index contributed by atoms with van der Waals surface area (Å²) in [7, 11) is -4.38. The number of aromatic carboxylic acids is 2. The van der Waals surface area contributed by atoms with Crippen molar-refractivity contribution in [1.82, 2.24) is 0 Å². The van der Waals surface area contributed by atoms with Crippen LogP contribution in [0.25, 0.3) is 0 Å². The number of hydrogen-bond acceptors (Lipinski definition) is 6. The summed E-state index contributed by atoms with van der Waals surface area (Å²) in [6, 6.07) is 17.4. The van der Waals surface area contributed by atoms with Crippen molar-refractivity contribution in [1.29, 1.82) is 0 Å². The molecule has 0 atom stereocenters. The number of hydrogen-bond donors (Lipinski definition) is 2. The van der Waals surface area contributed by atoms with E-state index in [-0.39, 0.29) is 5.75 Å². The molecule has 0 aliphatic carbocycles. The lowest BCUT2D eigenvalue weighted by Gasteiger charge is -2.10. The van der Waals surface area contributed by atoms with Gasteiger partial charge in [0.05, 0.1) is 11.1 Å². The molecule has 0 radical (unpaired) electrons. The highest BCUT2D eigenvalue weighted by molar-refractivity contribution is 7.87. The Balaban J connectivity index is 1.81. The second-order valence-corrected chi connectivity index (χ2v) is 7.29. The largest absolute Gasteiger partial charge is 0.478 e. The maximum Gasteiger partial charge on any atom is 0.339 e. The topological polar surface area (TPSA) is 127 Å². The molecule has 0 fully saturated rings. The zero-order valence-electron chi connectivity index (χ0n) is 14.7. The normalized spacial score (nSPS) is 10.9. The molecule has 29 heavy (non-hydrogen) atoms. The quantitative estimate of drug-likeness (QED) is 0.561. The number of benzene rings is 3. The van der Waals surface area contributed by atoms with E-state index in [9.17, 15) is 18.0 Å². The van der Waals surface area contributed by atoms with Crippen LogP contribution in [0.15, 0.2) is 77.7 Å². The van der Waals surface area contributed by atoms with E-state index in [1.165, 1.54) is 24.3 Å². The molecule has 148 valence electrons. The third-order valence-electron chi connectivity index (χ3n) is 3.75. The van der Waals surface area contributed by atoms with Crippen molar-refractivity contribution in [2.75, 3.05) is 0 Å². The van der Waals surface area contributed by atoms with Gasteiger partial charge in [-0.25, -0.2) is 9.59 Å². The van der Waals surface area contributed by atoms with Crippen LogP contribution in [0.1, 0.15) is 20.7 Å². The standard InChI is InChI=1S/C20H14O8S/c21-19(22)17-11-10-16(12-18(17)20(23)24)29(25,26)28-15-8-6-14(7-9-15)27-13-4-2-1-3-5-13/h1-12H,(H,21,22)(H,23,24). The SMILES string of the molecule is O=C(O)c1ccc(S(=O)(=O)Oc2ccc(Oc3ccccc3)cc2)cc1C(=O)O. The Hall–Kier alpha value is -3.85. The van der Waals surface area contributed by atoms with Gasteiger partial charge >= 0.3 is 22.1 Å². The van der Waals surface area contributed by atoms with Gasteiger partial charge in [0, 0.05) is 0 Å². The number of para-hydroxylation sites is 1. The van der Waals surface area contributed by atoms with Gasteiger partial charge in [0.15, 0.2) is 0 Å². The van der Waals surface area contributed by atoms with Crippen molar-refractivity contribution < 1.29 is 37.1 Å². The molecule has 3 aromatic carbocycles. The average molecular weight is 414 g/mol. The number of carboxylic acids is 2. The van der Waals surface area contributed by atoms with Crippen LogP contribution in [0, 0.1) is 0 Å². The van der Waals surface area contributed by atoms with E-state index in [4.69, 9.17) is 19.1 Å². The predicted molar refractivity (Wildman–Crippen MR) is 101 cm³/mol. The molecule has 0 aliphatic heterocycles. The average Bonchev–Trinajstić information content (AvgIpc) is 2.69. The van der Waals surface area contributed by atoms with Gasteiger partial charge < -0.3 is 19.1 Å². The van der Waals surface area contributed by atoms with E-state index in [0.29, 0.717) is 11.5 Å². The molecule has 0 saturated heterocycles. The molecule has 3 aromatic rings. The van der Waals surface area contributed by atoms with Crippen LogP contribution in [0.2, 0.25) is 0 Å². The van der Waals surface area contributed by atoms with Gasteiger partial charge in [0.1, 0.15) is 22.1 Å². The molecule has 0 amide bonds. The van der Waals surface area contributed by atoms with E-state index in [1.54, 1.807) is 24.3 Å². The number of carboxylic acid groups (broad SMARTS) is 2. The summed E-state index contributed by atoms with van der Waals surface area (Å²) in [5.74, 6) is -2.01. The summed E-state index contributed by atoms with van der Waals surface area (Å²) in [5.41, 5.74) is -1.19. The van der Waals surface area contributed by atoms with E-state index in [2.05, 4.69) is 0 Å². The maximum absolute atomic E-state index is 12.4. The number of carbonyl (C=O) groups is 2. The fourth-order valence-electron chi connectivity index (χ4n) is 2.40. The maximum atomic E-state index is 12.4. The van der Waals surface area contributed by atoms with Crippen molar-refractivity contribution in [3.8, 4) is 17.2 Å². The van der Waals surface area contributed by atoms with Crippen molar-refractivity contribution in [2.24, 2.45) is 0 Å². The molecular weight excluding hydrogens is 400 g/mol. The molecule has 9 heteroatoms. The van der Waals surface area contributed by atoms with E-state index in [0.717, 1.165) is 18.2 Å². The Morgan fingerprint density at radius 3 is 1.83 bits per heavy atom. The number of rotatable bonds is 7. The van der Waals surface area contributed by atoms with E-state index < -0.39 is 38.1 Å². The fourth-order valence-corrected chi connectivity index (χ4v) is 3.36. The third kappa shape index (κ3) is 4.71. The molecule has 0 bridgehead atoms. The molecule has 0 saturated carbocycles. The first-order valence-electron chi connectivity index (χ1n) is 8.14. The molecule has 3 rings (SSSR count). The molecule has 0 spiro atoms. The molecule has 2 N–H and O–H groups in total. The van der Waals surface area contributed by atoms with Crippen molar-refractivity contribution in [3.05, 3.63) is 83.9 Å². The van der Waals surface area contributed by atoms with Crippen LogP contribution < -0.4 is 8.92 Å². The zero-order valence-corrected chi connectivity index (χ0v) is 15.5. The van der Waals surface area contributed by atoms with Gasteiger partial charge in [0.25, 0.3) is 0 Å². The predicted octanol–water partition coefficient (Wildman–Crippen LogP) is 3.64. The molecular formula is C20H14O8S. The second kappa shape index (κ2) is 8.03. The van der Waals surface area contributed by atoms with Crippen molar-refractivity contribution >= 4 is 22.1 Å². The summed E-state index contributed by atoms with van der Waals surface area (Å²) in [4.78, 5) is 21.8. The van der Waals surface area contributed by atoms with Crippen LogP contribution in [0.3, 0.4) is 0 Å². The Kier molecular flexibility index (Phi) is 5.51. The molecule has 0 aliphatic rings. The second-order valence-electron chi connectivity index (χ2n) is 5.74. The lowest BCUT2D eigenvalue weighted by molar-refractivity contribution is 0.0651. The van der Waals surface area contributed by atoms with E-state index in [1.807, 2.05) is 6.07 Å². The van der Waals surface area contributed by atoms with E-state index >= 15 is 0 Å². The smallest absolute Gasteiger partial charge is 0.339 e. The Labute approximate surface area is 165 Å². The summed E-state index contributed by atoms with van der Waals surface area (Å²) in [5, 5.41) is 18.2. The van der Waals surface area contributed by atoms with Gasteiger partial charge in [-0.15, -0.1) is 0 Å². The summed E-state index contributed by atoms with van der Waals surface area (Å²) >= 11 is 0. The van der Waals surface area contributed by atoms with Crippen LogP contribution in [-0.4, -0.2) is 30.6 Å². The minimum Gasteiger partial charge on any atom is -0.478 e. The van der Waals surface area contributed by atoms with Gasteiger partial charge in [-0.05, 0) is 54.6 Å². The highest BCUT2D eigenvalue weighted by atomic mass is 32.2. The van der Waals surface area contributed by atoms with Crippen molar-refractivity contribution in [2.45, 2.75) is 4.90 Å². The zero-order chi connectivity index (χ0) is 21.0. The van der Waals surface area contributed by atoms with Gasteiger partial charge in [-0.1, -0.05) is 18.2 Å². The highest BCUT2D eigenvalue weighted by Crippen LogP contribution is 2.26. The Bertz CT molecular complexity index is 1150. The minimum atomic E-state index is -4.38. The summed E-state index contributed by atoms with van der Waals surface area (Å²) < 4.78 is 35.5. The molecule has 8 nitrogen and oxygen atoms in total. The summed E-state index contributed by atoms with van der Waals surface area (Å²) in [6.07, 6.45) is 0. The third-order valence-corrected chi connectivity index (χ3v) is 4.99. The molecule has 0 aromatic heterocycles. The lowest BCUT2D eigenvalue weighted by atomic mass is 10.1. The Morgan fingerprint density at radius 1 is 0.690 bits per heavy atom. The first-order chi connectivity index (χ1) is 13.8. The Morgan fingerprint density at radius 2 is 1.24 bits per heavy atom. The van der Waals surface area contributed by atoms with Gasteiger partial charge in [-0.3, -0.25) is 0 Å².